The number of hydrogen-bond donors (Lipinski definition) is 3. The number of aliphatic carboxylic acids is 1. The zero-order chi connectivity index (χ0) is 20.0. The number of allylic oxidation sites excluding steroid dienone is 1. The van der Waals surface area contributed by atoms with Crippen molar-refractivity contribution >= 4 is 29.6 Å². The van der Waals surface area contributed by atoms with Gasteiger partial charge < -0.3 is 15.5 Å². The Bertz CT molecular complexity index is 743. The number of nitrogens with zero attached hydrogens (tertiary/aromatic N) is 1. The van der Waals surface area contributed by atoms with Crippen LogP contribution < -0.4 is 5.32 Å². The number of aromatic nitrogens is 1. The van der Waals surface area contributed by atoms with Crippen LogP contribution in [0.5, 0.6) is 0 Å². The van der Waals surface area contributed by atoms with Crippen LogP contribution in [0.3, 0.4) is 0 Å². The summed E-state index contributed by atoms with van der Waals surface area (Å²) in [5, 5.41) is 21.3. The molecule has 8 heteroatoms. The number of rotatable bonds is 10. The molecule has 1 aromatic heterocycles. The van der Waals surface area contributed by atoms with Crippen LogP contribution in [-0.2, 0) is 9.59 Å². The summed E-state index contributed by atoms with van der Waals surface area (Å²) in [6, 6.07) is 3.19. The maximum absolute atomic E-state index is 12.0. The number of carbonyl (C=O) groups excluding carboxylic acids is 1. The zero-order valence-electron chi connectivity index (χ0n) is 15.4. The van der Waals surface area contributed by atoms with Gasteiger partial charge in [0.1, 0.15) is 5.70 Å². The Morgan fingerprint density at radius 1 is 1.30 bits per heavy atom. The van der Waals surface area contributed by atoms with Gasteiger partial charge in [-0.15, -0.1) is 11.8 Å². The van der Waals surface area contributed by atoms with Gasteiger partial charge in [0.2, 0.25) is 5.91 Å². The number of carbonyl (C=O) groups is 3. The molecule has 0 aromatic carbocycles. The first-order valence-electron chi connectivity index (χ1n) is 8.77. The van der Waals surface area contributed by atoms with E-state index in [0.29, 0.717) is 6.42 Å². The highest BCUT2D eigenvalue weighted by atomic mass is 32.2. The van der Waals surface area contributed by atoms with E-state index in [4.69, 9.17) is 5.11 Å². The number of pyridine rings is 1. The third-order valence-corrected chi connectivity index (χ3v) is 5.53. The Morgan fingerprint density at radius 2 is 2.00 bits per heavy atom. The molecule has 0 aliphatic heterocycles. The average molecular weight is 392 g/mol. The number of carboxylic acids is 2. The highest BCUT2D eigenvalue weighted by Gasteiger charge is 2.50. The molecule has 0 bridgehead atoms. The molecule has 0 radical (unpaired) electrons. The summed E-state index contributed by atoms with van der Waals surface area (Å²) in [7, 11) is 0. The van der Waals surface area contributed by atoms with E-state index in [1.54, 1.807) is 12.1 Å². The first kappa shape index (κ1) is 21.0. The molecule has 1 unspecified atom stereocenters. The minimum absolute atomic E-state index is 0.0401. The van der Waals surface area contributed by atoms with E-state index >= 15 is 0 Å². The Balaban J connectivity index is 1.70. The molecule has 1 aromatic rings. The van der Waals surface area contributed by atoms with E-state index in [9.17, 15) is 19.5 Å². The van der Waals surface area contributed by atoms with E-state index in [0.717, 1.165) is 30.0 Å². The van der Waals surface area contributed by atoms with Gasteiger partial charge in [-0.2, -0.15) is 0 Å². The molecule has 7 nitrogen and oxygen atoms in total. The highest BCUT2D eigenvalue weighted by Crippen LogP contribution is 2.51. The Kier molecular flexibility index (Phi) is 7.01. The molecule has 1 aliphatic carbocycles. The summed E-state index contributed by atoms with van der Waals surface area (Å²) in [6.45, 7) is 3.98. The lowest BCUT2D eigenvalue weighted by Gasteiger charge is -2.07. The molecule has 1 amide bonds. The van der Waals surface area contributed by atoms with Gasteiger partial charge in [0, 0.05) is 12.1 Å². The fraction of sp³-hybridized carbons (Fsp3) is 0.474. The molecule has 1 fully saturated rings. The van der Waals surface area contributed by atoms with Crippen LogP contribution in [0.2, 0.25) is 0 Å². The number of amides is 1. The molecule has 1 atom stereocenters. The number of hydrogen-bond acceptors (Lipinski definition) is 5. The molecule has 1 saturated carbocycles. The Labute approximate surface area is 162 Å². The lowest BCUT2D eigenvalue weighted by Crippen LogP contribution is -2.29. The standard InChI is InChI=1S/C19H24N2O5S/c1-19(2)10-13(19)16(22)21-14(18(25)26)6-4-3-5-9-27-15-8-7-12(11-20-15)17(23)24/h6-8,11,13H,3-5,9-10H2,1-2H3,(H,21,22)(H,23,24)(H,25,26)/b14-6+. The highest BCUT2D eigenvalue weighted by molar-refractivity contribution is 7.99. The Morgan fingerprint density at radius 3 is 2.52 bits per heavy atom. The van der Waals surface area contributed by atoms with Gasteiger partial charge in [0.25, 0.3) is 0 Å². The number of thioether (sulfide) groups is 1. The van der Waals surface area contributed by atoms with E-state index in [1.165, 1.54) is 24.0 Å². The number of aromatic carboxylic acids is 1. The third-order valence-electron chi connectivity index (χ3n) is 4.50. The summed E-state index contributed by atoms with van der Waals surface area (Å²) in [4.78, 5) is 38.2. The van der Waals surface area contributed by atoms with E-state index in [-0.39, 0.29) is 28.5 Å². The summed E-state index contributed by atoms with van der Waals surface area (Å²) in [5.74, 6) is -1.67. The number of nitrogens with one attached hydrogen (secondary N) is 1. The second-order valence-electron chi connectivity index (χ2n) is 7.19. The molecular weight excluding hydrogens is 368 g/mol. The van der Waals surface area contributed by atoms with Crippen molar-refractivity contribution < 1.29 is 24.6 Å². The van der Waals surface area contributed by atoms with Crippen LogP contribution in [-0.4, -0.2) is 38.8 Å². The molecule has 146 valence electrons. The smallest absolute Gasteiger partial charge is 0.352 e. The fourth-order valence-corrected chi connectivity index (χ4v) is 3.44. The minimum Gasteiger partial charge on any atom is -0.478 e. The first-order chi connectivity index (χ1) is 12.7. The van der Waals surface area contributed by atoms with Gasteiger partial charge in [-0.05, 0) is 49.0 Å². The van der Waals surface area contributed by atoms with E-state index in [2.05, 4.69) is 10.3 Å². The van der Waals surface area contributed by atoms with Gasteiger partial charge in [-0.1, -0.05) is 19.9 Å². The maximum Gasteiger partial charge on any atom is 0.352 e. The molecule has 1 aliphatic rings. The Hall–Kier alpha value is -2.35. The van der Waals surface area contributed by atoms with Crippen molar-refractivity contribution in [3.8, 4) is 0 Å². The van der Waals surface area contributed by atoms with Gasteiger partial charge >= 0.3 is 11.9 Å². The largest absolute Gasteiger partial charge is 0.478 e. The second-order valence-corrected chi connectivity index (χ2v) is 8.31. The van der Waals surface area contributed by atoms with Crippen molar-refractivity contribution in [1.82, 2.24) is 10.3 Å². The van der Waals surface area contributed by atoms with E-state index < -0.39 is 11.9 Å². The molecular formula is C19H24N2O5S. The maximum atomic E-state index is 12.0. The quantitative estimate of drug-likeness (QED) is 0.318. The topological polar surface area (TPSA) is 117 Å². The summed E-state index contributed by atoms with van der Waals surface area (Å²) in [6.07, 6.45) is 5.85. The molecule has 0 saturated heterocycles. The van der Waals surface area contributed by atoms with Crippen LogP contribution in [0.15, 0.2) is 35.1 Å². The fourth-order valence-electron chi connectivity index (χ4n) is 2.59. The van der Waals surface area contributed by atoms with Crippen molar-refractivity contribution in [3.63, 3.8) is 0 Å². The predicted molar refractivity (Wildman–Crippen MR) is 102 cm³/mol. The normalized spacial score (nSPS) is 18.0. The molecule has 27 heavy (non-hydrogen) atoms. The van der Waals surface area contributed by atoms with Gasteiger partial charge in [0.05, 0.1) is 10.6 Å². The van der Waals surface area contributed by atoms with Crippen molar-refractivity contribution in [2.45, 2.75) is 44.6 Å². The summed E-state index contributed by atoms with van der Waals surface area (Å²) >= 11 is 1.52. The van der Waals surface area contributed by atoms with Crippen molar-refractivity contribution in [2.75, 3.05) is 5.75 Å². The molecule has 2 rings (SSSR count). The second kappa shape index (κ2) is 9.03. The van der Waals surface area contributed by atoms with Crippen LogP contribution in [0.4, 0.5) is 0 Å². The van der Waals surface area contributed by atoms with Crippen LogP contribution in [0, 0.1) is 11.3 Å². The summed E-state index contributed by atoms with van der Waals surface area (Å²) < 4.78 is 0. The molecule has 1 heterocycles. The van der Waals surface area contributed by atoms with Crippen LogP contribution >= 0.6 is 11.8 Å². The average Bonchev–Trinajstić information content (AvgIpc) is 3.25. The van der Waals surface area contributed by atoms with Crippen molar-refractivity contribution in [1.29, 1.82) is 0 Å². The van der Waals surface area contributed by atoms with E-state index in [1.807, 2.05) is 13.8 Å². The number of unbranched alkanes of at least 4 members (excludes halogenated alkanes) is 2. The van der Waals surface area contributed by atoms with Crippen LogP contribution in [0.1, 0.15) is 49.9 Å². The van der Waals surface area contributed by atoms with Gasteiger partial charge in [0.15, 0.2) is 0 Å². The van der Waals surface area contributed by atoms with Gasteiger partial charge in [-0.3, -0.25) is 4.79 Å². The van der Waals surface area contributed by atoms with Gasteiger partial charge in [-0.25, -0.2) is 14.6 Å². The number of carboxylic acid groups (broad SMARTS) is 2. The SMILES string of the molecule is CC1(C)CC1C(=O)N/C(=C/CCCCSc1ccc(C(=O)O)cn1)C(=O)O. The third kappa shape index (κ3) is 6.39. The molecule has 0 spiro atoms. The zero-order valence-corrected chi connectivity index (χ0v) is 16.2. The predicted octanol–water partition coefficient (Wildman–Crippen LogP) is 3.17. The van der Waals surface area contributed by atoms with Crippen molar-refractivity contribution in [2.24, 2.45) is 11.3 Å². The monoisotopic (exact) mass is 392 g/mol. The van der Waals surface area contributed by atoms with Crippen molar-refractivity contribution in [3.05, 3.63) is 35.7 Å². The first-order valence-corrected chi connectivity index (χ1v) is 9.76. The molecule has 3 N–H and O–H groups in total. The lowest BCUT2D eigenvalue weighted by atomic mass is 10.1. The van der Waals surface area contributed by atoms with Crippen LogP contribution in [0.25, 0.3) is 0 Å². The minimum atomic E-state index is -1.13. The summed E-state index contributed by atoms with van der Waals surface area (Å²) in [5.41, 5.74) is 0.0605. The lowest BCUT2D eigenvalue weighted by molar-refractivity contribution is -0.135.